The summed E-state index contributed by atoms with van der Waals surface area (Å²) in [6, 6.07) is 0. The molecule has 0 saturated heterocycles. The maximum atomic E-state index is 11.0. The molecule has 1 atom stereocenters. The van der Waals surface area contributed by atoms with Crippen LogP contribution in [0.5, 0.6) is 0 Å². The van der Waals surface area contributed by atoms with Crippen molar-refractivity contribution in [2.45, 2.75) is 6.92 Å². The normalized spacial score (nSPS) is 12.8. The third-order valence-corrected chi connectivity index (χ3v) is 3.22. The van der Waals surface area contributed by atoms with Crippen LogP contribution in [0.2, 0.25) is 0 Å². The van der Waals surface area contributed by atoms with Gasteiger partial charge in [0.2, 0.25) is 5.13 Å². The maximum Gasteiger partial charge on any atom is 0.202 e. The van der Waals surface area contributed by atoms with Crippen LogP contribution < -0.4 is 5.32 Å². The molecule has 1 heterocycles. The summed E-state index contributed by atoms with van der Waals surface area (Å²) in [6.07, 6.45) is 1.50. The first kappa shape index (κ1) is 9.60. The molecule has 1 unspecified atom stereocenters. The van der Waals surface area contributed by atoms with E-state index in [9.17, 15) is 4.21 Å². The predicted molar refractivity (Wildman–Crippen MR) is 51.9 cm³/mol. The highest BCUT2D eigenvalue weighted by Gasteiger charge is 1.97. The fourth-order valence-electron chi connectivity index (χ4n) is 0.667. The van der Waals surface area contributed by atoms with Crippen molar-refractivity contribution in [3.63, 3.8) is 0 Å². The molecule has 0 spiro atoms. The summed E-state index contributed by atoms with van der Waals surface area (Å²) >= 11 is 1.31. The molecule has 0 fully saturated rings. The Morgan fingerprint density at radius 2 is 2.58 bits per heavy atom. The van der Waals surface area contributed by atoms with Crippen LogP contribution in [-0.2, 0) is 10.8 Å². The van der Waals surface area contributed by atoms with Gasteiger partial charge < -0.3 is 5.32 Å². The second-order valence-corrected chi connectivity index (χ2v) is 4.75. The summed E-state index contributed by atoms with van der Waals surface area (Å²) in [5, 5.41) is 3.84. The van der Waals surface area contributed by atoms with E-state index in [1.54, 1.807) is 0 Å². The van der Waals surface area contributed by atoms with Crippen LogP contribution in [0.25, 0.3) is 0 Å². The minimum Gasteiger partial charge on any atom is -0.359 e. The van der Waals surface area contributed by atoms with Crippen LogP contribution >= 0.6 is 11.5 Å². The van der Waals surface area contributed by atoms with Crippen LogP contribution in [0, 0.1) is 0 Å². The first-order valence-corrected chi connectivity index (χ1v) is 5.94. The molecule has 68 valence electrons. The Bertz CT molecular complexity index is 237. The molecule has 0 aliphatic rings. The zero-order valence-corrected chi connectivity index (χ0v) is 8.45. The van der Waals surface area contributed by atoms with Gasteiger partial charge in [-0.3, -0.25) is 4.21 Å². The zero-order chi connectivity index (χ0) is 8.81. The van der Waals surface area contributed by atoms with Crippen molar-refractivity contribution < 1.29 is 4.21 Å². The van der Waals surface area contributed by atoms with Gasteiger partial charge in [-0.05, 0) is 0 Å². The largest absolute Gasteiger partial charge is 0.359 e. The number of hydrogen-bond donors (Lipinski definition) is 1. The molecule has 6 heteroatoms. The Labute approximate surface area is 78.0 Å². The minimum absolute atomic E-state index is 0.677. The van der Waals surface area contributed by atoms with E-state index in [0.29, 0.717) is 12.3 Å². The molecule has 12 heavy (non-hydrogen) atoms. The van der Waals surface area contributed by atoms with Gasteiger partial charge in [-0.2, -0.15) is 4.37 Å². The van der Waals surface area contributed by atoms with E-state index in [4.69, 9.17) is 0 Å². The molecule has 0 aliphatic carbocycles. The van der Waals surface area contributed by atoms with Crippen LogP contribution in [0.4, 0.5) is 5.13 Å². The predicted octanol–water partition coefficient (Wildman–Crippen LogP) is 0.719. The first-order valence-electron chi connectivity index (χ1n) is 3.68. The van der Waals surface area contributed by atoms with E-state index < -0.39 is 10.8 Å². The number of nitrogens with zero attached hydrogens (tertiary/aromatic N) is 2. The quantitative estimate of drug-likeness (QED) is 0.769. The highest BCUT2D eigenvalue weighted by Crippen LogP contribution is 2.05. The summed E-state index contributed by atoms with van der Waals surface area (Å²) in [7, 11) is -0.695. The lowest BCUT2D eigenvalue weighted by atomic mass is 10.7. The van der Waals surface area contributed by atoms with Crippen molar-refractivity contribution in [3.8, 4) is 0 Å². The standard InChI is InChI=1S/C6H11N3OS2/c1-2-12(10)4-3-7-6-8-5-9-11-6/h5H,2-4H2,1H3,(H,7,8,9). The Hall–Kier alpha value is -0.490. The van der Waals surface area contributed by atoms with Crippen LogP contribution in [0.1, 0.15) is 6.92 Å². The Morgan fingerprint density at radius 3 is 3.17 bits per heavy atom. The Balaban J connectivity index is 2.15. The molecule has 1 N–H and O–H groups in total. The molecule has 4 nitrogen and oxygen atoms in total. The van der Waals surface area contributed by atoms with Crippen LogP contribution in [0.15, 0.2) is 6.33 Å². The lowest BCUT2D eigenvalue weighted by Gasteiger charge is -1.99. The second-order valence-electron chi connectivity index (χ2n) is 2.11. The van der Waals surface area contributed by atoms with Gasteiger partial charge in [0.05, 0.1) is 0 Å². The Morgan fingerprint density at radius 1 is 1.75 bits per heavy atom. The molecule has 0 radical (unpaired) electrons. The van der Waals surface area contributed by atoms with Crippen molar-refractivity contribution in [1.82, 2.24) is 9.36 Å². The van der Waals surface area contributed by atoms with Crippen molar-refractivity contribution >= 4 is 27.5 Å². The smallest absolute Gasteiger partial charge is 0.202 e. The molecule has 0 amide bonds. The zero-order valence-electron chi connectivity index (χ0n) is 6.82. The molecule has 0 aliphatic heterocycles. The minimum atomic E-state index is -0.695. The fourth-order valence-corrected chi connectivity index (χ4v) is 1.74. The molecular formula is C6H11N3OS2. The molecule has 1 aromatic rings. The van der Waals surface area contributed by atoms with E-state index in [2.05, 4.69) is 14.7 Å². The highest BCUT2D eigenvalue weighted by atomic mass is 32.2. The van der Waals surface area contributed by atoms with Gasteiger partial charge in [0.1, 0.15) is 6.33 Å². The van der Waals surface area contributed by atoms with Gasteiger partial charge >= 0.3 is 0 Å². The van der Waals surface area contributed by atoms with E-state index in [1.165, 1.54) is 17.9 Å². The number of aromatic nitrogens is 2. The van der Waals surface area contributed by atoms with E-state index in [0.717, 1.165) is 10.9 Å². The van der Waals surface area contributed by atoms with Crippen molar-refractivity contribution in [1.29, 1.82) is 0 Å². The van der Waals surface area contributed by atoms with Crippen LogP contribution in [0.3, 0.4) is 0 Å². The van der Waals surface area contributed by atoms with Gasteiger partial charge in [0.15, 0.2) is 0 Å². The topological polar surface area (TPSA) is 54.9 Å². The van der Waals surface area contributed by atoms with E-state index >= 15 is 0 Å². The molecule has 0 bridgehead atoms. The summed E-state index contributed by atoms with van der Waals surface area (Å²) in [6.45, 7) is 2.62. The fraction of sp³-hybridized carbons (Fsp3) is 0.667. The lowest BCUT2D eigenvalue weighted by molar-refractivity contribution is 0.684. The average molecular weight is 205 g/mol. The van der Waals surface area contributed by atoms with Gasteiger partial charge in [-0.25, -0.2) is 4.98 Å². The van der Waals surface area contributed by atoms with Gasteiger partial charge in [0.25, 0.3) is 0 Å². The number of anilines is 1. The third-order valence-electron chi connectivity index (χ3n) is 1.29. The van der Waals surface area contributed by atoms with Crippen molar-refractivity contribution in [2.75, 3.05) is 23.4 Å². The molecule has 1 rings (SSSR count). The van der Waals surface area contributed by atoms with E-state index in [-0.39, 0.29) is 0 Å². The van der Waals surface area contributed by atoms with Crippen molar-refractivity contribution in [2.24, 2.45) is 0 Å². The monoisotopic (exact) mass is 205 g/mol. The lowest BCUT2D eigenvalue weighted by Crippen LogP contribution is -2.11. The molecule has 0 saturated carbocycles. The van der Waals surface area contributed by atoms with Gasteiger partial charge in [0, 0.05) is 40.4 Å². The van der Waals surface area contributed by atoms with Crippen molar-refractivity contribution in [3.05, 3.63) is 6.33 Å². The van der Waals surface area contributed by atoms with Crippen LogP contribution in [-0.4, -0.2) is 31.6 Å². The molecule has 1 aromatic heterocycles. The number of rotatable bonds is 5. The summed E-state index contributed by atoms with van der Waals surface area (Å²) in [5.74, 6) is 1.40. The second kappa shape index (κ2) is 5.21. The van der Waals surface area contributed by atoms with Gasteiger partial charge in [-0.15, -0.1) is 0 Å². The maximum absolute atomic E-state index is 11.0. The third kappa shape index (κ3) is 3.27. The summed E-state index contributed by atoms with van der Waals surface area (Å²) < 4.78 is 14.8. The average Bonchev–Trinajstić information content (AvgIpc) is 2.57. The number of nitrogens with one attached hydrogen (secondary N) is 1. The first-order chi connectivity index (χ1) is 5.83. The number of hydrogen-bond acceptors (Lipinski definition) is 5. The van der Waals surface area contributed by atoms with E-state index in [1.807, 2.05) is 6.92 Å². The van der Waals surface area contributed by atoms with Gasteiger partial charge in [-0.1, -0.05) is 6.92 Å². The summed E-state index contributed by atoms with van der Waals surface area (Å²) in [5.41, 5.74) is 0. The summed E-state index contributed by atoms with van der Waals surface area (Å²) in [4.78, 5) is 3.94. The molecule has 0 aromatic carbocycles. The highest BCUT2D eigenvalue weighted by molar-refractivity contribution is 7.84. The molecular weight excluding hydrogens is 194 g/mol. The SMILES string of the molecule is CCS(=O)CCNc1ncns1. The Kier molecular flexibility index (Phi) is 4.16.